The largest absolute Gasteiger partial charge is 0.331 e. The van der Waals surface area contributed by atoms with Crippen LogP contribution in [-0.4, -0.2) is 35.9 Å². The smallest absolute Gasteiger partial charge is 0.267 e. The molecule has 0 saturated carbocycles. The molecule has 8 nitrogen and oxygen atoms in total. The molecule has 0 aliphatic carbocycles. The van der Waals surface area contributed by atoms with Crippen molar-refractivity contribution in [2.24, 2.45) is 0 Å². The number of nitrogens with one attached hydrogen (secondary N) is 2. The van der Waals surface area contributed by atoms with Crippen LogP contribution in [0.4, 0.5) is 5.82 Å². The minimum atomic E-state index is -3.54. The number of hydrogen-bond acceptors (Lipinski definition) is 6. The fourth-order valence-electron chi connectivity index (χ4n) is 2.15. The number of carbonyl (C=O) groups excluding carboxylic acids is 1. The Morgan fingerprint density at radius 3 is 2.88 bits per heavy atom. The standard InChI is InChI=1S/C14H15N5O3S2/c1-9(20)17-13-7-19(8-16-13)6-10-3-4-11-12(5-10)23-14(18-11)24(21,22)15-2/h3-5,7-8,15H,6H2,1-2H3,(H,17,20). The number of benzene rings is 1. The highest BCUT2D eigenvalue weighted by Gasteiger charge is 2.17. The summed E-state index contributed by atoms with van der Waals surface area (Å²) in [6.07, 6.45) is 3.36. The lowest BCUT2D eigenvalue weighted by Crippen LogP contribution is -2.18. The van der Waals surface area contributed by atoms with Crippen molar-refractivity contribution in [1.82, 2.24) is 19.3 Å². The molecule has 0 radical (unpaired) electrons. The van der Waals surface area contributed by atoms with Gasteiger partial charge >= 0.3 is 0 Å². The highest BCUT2D eigenvalue weighted by molar-refractivity contribution is 7.91. The van der Waals surface area contributed by atoms with Crippen LogP contribution in [0.3, 0.4) is 0 Å². The predicted octanol–water partition coefficient (Wildman–Crippen LogP) is 1.41. The molecule has 1 amide bonds. The molecule has 2 N–H and O–H groups in total. The van der Waals surface area contributed by atoms with Gasteiger partial charge in [0.05, 0.1) is 16.5 Å². The van der Waals surface area contributed by atoms with Crippen LogP contribution in [0.2, 0.25) is 0 Å². The normalized spacial score (nSPS) is 11.8. The van der Waals surface area contributed by atoms with E-state index in [9.17, 15) is 13.2 Å². The van der Waals surface area contributed by atoms with Gasteiger partial charge in [0.25, 0.3) is 10.0 Å². The quantitative estimate of drug-likeness (QED) is 0.711. The molecule has 126 valence electrons. The Hall–Kier alpha value is -2.30. The molecule has 0 aliphatic rings. The molecule has 0 bridgehead atoms. The lowest BCUT2D eigenvalue weighted by Gasteiger charge is -2.02. The molecule has 0 saturated heterocycles. The van der Waals surface area contributed by atoms with E-state index < -0.39 is 10.0 Å². The van der Waals surface area contributed by atoms with Gasteiger partial charge in [-0.15, -0.1) is 11.3 Å². The number of nitrogens with zero attached hydrogens (tertiary/aromatic N) is 3. The third-order valence-electron chi connectivity index (χ3n) is 3.23. The van der Waals surface area contributed by atoms with Crippen LogP contribution in [0.1, 0.15) is 12.5 Å². The topological polar surface area (TPSA) is 106 Å². The Bertz CT molecular complexity index is 1010. The fraction of sp³-hybridized carbons (Fsp3) is 0.214. The maximum Gasteiger partial charge on any atom is 0.267 e. The zero-order valence-electron chi connectivity index (χ0n) is 13.0. The van der Waals surface area contributed by atoms with E-state index in [1.807, 2.05) is 16.7 Å². The average molecular weight is 365 g/mol. The molecule has 10 heteroatoms. The number of fused-ring (bicyclic) bond motifs is 1. The van der Waals surface area contributed by atoms with Crippen molar-refractivity contribution in [2.45, 2.75) is 17.8 Å². The number of amides is 1. The van der Waals surface area contributed by atoms with E-state index in [-0.39, 0.29) is 10.2 Å². The van der Waals surface area contributed by atoms with Gasteiger partial charge in [-0.1, -0.05) is 6.07 Å². The summed E-state index contributed by atoms with van der Waals surface area (Å²) in [5.41, 5.74) is 1.62. The predicted molar refractivity (Wildman–Crippen MR) is 91.5 cm³/mol. The third-order valence-corrected chi connectivity index (χ3v) is 6.04. The van der Waals surface area contributed by atoms with Gasteiger partial charge in [0.2, 0.25) is 10.2 Å². The lowest BCUT2D eigenvalue weighted by molar-refractivity contribution is -0.114. The molecule has 2 heterocycles. The number of carbonyl (C=O) groups is 1. The third kappa shape index (κ3) is 3.45. The molecule has 0 spiro atoms. The van der Waals surface area contributed by atoms with Crippen molar-refractivity contribution in [1.29, 1.82) is 0 Å². The highest BCUT2D eigenvalue weighted by Crippen LogP contribution is 2.26. The average Bonchev–Trinajstić information content (AvgIpc) is 3.13. The molecular formula is C14H15N5O3S2. The number of imidazole rings is 1. The Kier molecular flexibility index (Phi) is 4.35. The molecule has 0 unspecified atom stereocenters. The first-order valence-corrected chi connectivity index (χ1v) is 9.30. The maximum atomic E-state index is 11.8. The van der Waals surface area contributed by atoms with E-state index in [0.717, 1.165) is 21.6 Å². The van der Waals surface area contributed by atoms with Crippen molar-refractivity contribution in [3.63, 3.8) is 0 Å². The second kappa shape index (κ2) is 6.30. The molecule has 3 aromatic rings. The molecule has 24 heavy (non-hydrogen) atoms. The first-order chi connectivity index (χ1) is 11.4. The van der Waals surface area contributed by atoms with Gasteiger partial charge in [0, 0.05) is 19.7 Å². The van der Waals surface area contributed by atoms with Gasteiger partial charge in [0.15, 0.2) is 5.82 Å². The minimum absolute atomic E-state index is 0.0488. The Labute approximate surface area is 142 Å². The van der Waals surface area contributed by atoms with E-state index >= 15 is 0 Å². The summed E-state index contributed by atoms with van der Waals surface area (Å²) < 4.78 is 28.6. The van der Waals surface area contributed by atoms with E-state index in [0.29, 0.717) is 17.9 Å². The summed E-state index contributed by atoms with van der Waals surface area (Å²) in [5, 5.41) is 2.61. The van der Waals surface area contributed by atoms with Crippen molar-refractivity contribution in [3.8, 4) is 0 Å². The lowest BCUT2D eigenvalue weighted by atomic mass is 10.2. The van der Waals surface area contributed by atoms with Gasteiger partial charge in [-0.05, 0) is 24.7 Å². The second-order valence-electron chi connectivity index (χ2n) is 5.10. The van der Waals surface area contributed by atoms with Crippen LogP contribution in [0, 0.1) is 0 Å². The van der Waals surface area contributed by atoms with Gasteiger partial charge in [-0.2, -0.15) is 0 Å². The molecule has 2 aromatic heterocycles. The van der Waals surface area contributed by atoms with Crippen molar-refractivity contribution in [2.75, 3.05) is 12.4 Å². The Balaban J connectivity index is 1.85. The first kappa shape index (κ1) is 16.6. The number of sulfonamides is 1. The summed E-state index contributed by atoms with van der Waals surface area (Å²) in [6, 6.07) is 5.58. The van der Waals surface area contributed by atoms with Crippen molar-refractivity contribution < 1.29 is 13.2 Å². The monoisotopic (exact) mass is 365 g/mol. The molecule has 3 rings (SSSR count). The van der Waals surface area contributed by atoms with E-state index in [1.165, 1.54) is 14.0 Å². The fourth-order valence-corrected chi connectivity index (χ4v) is 4.26. The summed E-state index contributed by atoms with van der Waals surface area (Å²) in [7, 11) is -2.18. The zero-order chi connectivity index (χ0) is 17.3. The van der Waals surface area contributed by atoms with Gasteiger partial charge < -0.3 is 9.88 Å². The van der Waals surface area contributed by atoms with Gasteiger partial charge in [-0.25, -0.2) is 23.1 Å². The van der Waals surface area contributed by atoms with Crippen LogP contribution in [-0.2, 0) is 21.4 Å². The molecule has 1 aromatic carbocycles. The summed E-state index contributed by atoms with van der Waals surface area (Å²) >= 11 is 1.12. The number of hydrogen-bond donors (Lipinski definition) is 2. The summed E-state index contributed by atoms with van der Waals surface area (Å²) in [4.78, 5) is 19.3. The molecule has 0 atom stereocenters. The van der Waals surface area contributed by atoms with Crippen LogP contribution < -0.4 is 10.0 Å². The van der Waals surface area contributed by atoms with Crippen molar-refractivity contribution in [3.05, 3.63) is 36.3 Å². The Morgan fingerprint density at radius 1 is 1.38 bits per heavy atom. The number of anilines is 1. The minimum Gasteiger partial charge on any atom is -0.331 e. The van der Waals surface area contributed by atoms with Crippen LogP contribution in [0.15, 0.2) is 35.1 Å². The molecule has 0 aliphatic heterocycles. The molecular weight excluding hydrogens is 350 g/mol. The molecule has 0 fully saturated rings. The summed E-state index contributed by atoms with van der Waals surface area (Å²) in [6.45, 7) is 1.97. The number of aromatic nitrogens is 3. The SMILES string of the molecule is CNS(=O)(=O)c1nc2ccc(Cn3cnc(NC(C)=O)c3)cc2s1. The van der Waals surface area contributed by atoms with Crippen LogP contribution >= 0.6 is 11.3 Å². The first-order valence-electron chi connectivity index (χ1n) is 7.00. The van der Waals surface area contributed by atoms with E-state index in [2.05, 4.69) is 20.0 Å². The van der Waals surface area contributed by atoms with Gasteiger partial charge in [-0.3, -0.25) is 4.79 Å². The highest BCUT2D eigenvalue weighted by atomic mass is 32.2. The van der Waals surface area contributed by atoms with Crippen molar-refractivity contribution >= 4 is 43.3 Å². The summed E-state index contributed by atoms with van der Waals surface area (Å²) in [5.74, 6) is 0.313. The van der Waals surface area contributed by atoms with E-state index in [1.54, 1.807) is 18.6 Å². The number of thiazole rings is 1. The second-order valence-corrected chi connectivity index (χ2v) is 8.19. The number of rotatable bonds is 5. The van der Waals surface area contributed by atoms with Crippen LogP contribution in [0.5, 0.6) is 0 Å². The van der Waals surface area contributed by atoms with Crippen LogP contribution in [0.25, 0.3) is 10.2 Å². The Morgan fingerprint density at radius 2 is 2.17 bits per heavy atom. The van der Waals surface area contributed by atoms with Gasteiger partial charge in [0.1, 0.15) is 0 Å². The van der Waals surface area contributed by atoms with E-state index in [4.69, 9.17) is 0 Å². The zero-order valence-corrected chi connectivity index (χ0v) is 14.6. The maximum absolute atomic E-state index is 11.8.